The van der Waals surface area contributed by atoms with E-state index in [4.69, 9.17) is 4.74 Å². The molecule has 0 fully saturated rings. The fourth-order valence-electron chi connectivity index (χ4n) is 2.96. The summed E-state index contributed by atoms with van der Waals surface area (Å²) in [5, 5.41) is 3.67. The summed E-state index contributed by atoms with van der Waals surface area (Å²) in [6.45, 7) is 3.84. The molecule has 0 aliphatic rings. The van der Waals surface area contributed by atoms with E-state index in [0.717, 1.165) is 27.1 Å². The number of aromatic nitrogens is 1. The van der Waals surface area contributed by atoms with Crippen LogP contribution in [0.5, 0.6) is 0 Å². The molecule has 0 aliphatic carbocycles. The van der Waals surface area contributed by atoms with Gasteiger partial charge < -0.3 is 10.1 Å². The number of benzene rings is 2. The Morgan fingerprint density at radius 1 is 1.04 bits per heavy atom. The number of fused-ring (bicyclic) bond motifs is 1. The van der Waals surface area contributed by atoms with Crippen molar-refractivity contribution in [2.24, 2.45) is 0 Å². The fraction of sp³-hybridized carbons (Fsp3) is 0.227. The summed E-state index contributed by atoms with van der Waals surface area (Å²) in [5.74, 6) is -0.0932. The third-order valence-corrected chi connectivity index (χ3v) is 5.32. The van der Waals surface area contributed by atoms with E-state index in [2.05, 4.69) is 10.3 Å². The van der Waals surface area contributed by atoms with Crippen LogP contribution in [0.25, 0.3) is 10.9 Å². The molecule has 0 saturated heterocycles. The lowest BCUT2D eigenvalue weighted by atomic mass is 10.0. The number of carbonyl (C=O) groups is 2. The predicted molar refractivity (Wildman–Crippen MR) is 112 cm³/mol. The van der Waals surface area contributed by atoms with Gasteiger partial charge >= 0.3 is 5.97 Å². The van der Waals surface area contributed by atoms with Gasteiger partial charge in [0.15, 0.2) is 6.61 Å². The summed E-state index contributed by atoms with van der Waals surface area (Å²) in [6, 6.07) is 17.6. The number of carbonyl (C=O) groups excluding carboxylic acids is 2. The normalized spacial score (nSPS) is 10.6. The third kappa shape index (κ3) is 4.89. The zero-order chi connectivity index (χ0) is 19.9. The Bertz CT molecular complexity index is 990. The molecule has 2 aromatic carbocycles. The SMILES string of the molecule is Cc1nc2ccccc2c(C)c1C(=O)OCC(=O)NCCSc1ccccc1. The maximum Gasteiger partial charge on any atom is 0.340 e. The fourth-order valence-corrected chi connectivity index (χ4v) is 3.75. The molecule has 0 aliphatic heterocycles. The van der Waals surface area contributed by atoms with Crippen LogP contribution in [0.3, 0.4) is 0 Å². The first-order valence-electron chi connectivity index (χ1n) is 9.04. The minimum atomic E-state index is -0.526. The molecule has 6 heteroatoms. The molecule has 0 atom stereocenters. The van der Waals surface area contributed by atoms with Gasteiger partial charge in [-0.25, -0.2) is 4.79 Å². The summed E-state index contributed by atoms with van der Waals surface area (Å²) >= 11 is 1.66. The molecule has 0 unspecified atom stereocenters. The number of esters is 1. The van der Waals surface area contributed by atoms with E-state index in [0.29, 0.717) is 17.8 Å². The van der Waals surface area contributed by atoms with E-state index in [1.807, 2.05) is 61.5 Å². The number of pyridine rings is 1. The zero-order valence-electron chi connectivity index (χ0n) is 15.9. The molecule has 0 spiro atoms. The average Bonchev–Trinajstić information content (AvgIpc) is 2.70. The van der Waals surface area contributed by atoms with Crippen LogP contribution < -0.4 is 5.32 Å². The molecule has 0 bridgehead atoms. The minimum Gasteiger partial charge on any atom is -0.452 e. The second kappa shape index (κ2) is 9.37. The molecule has 5 nitrogen and oxygen atoms in total. The summed E-state index contributed by atoms with van der Waals surface area (Å²) in [6.07, 6.45) is 0. The lowest BCUT2D eigenvalue weighted by Crippen LogP contribution is -2.30. The molecule has 0 saturated carbocycles. The number of rotatable bonds is 7. The van der Waals surface area contributed by atoms with Crippen molar-refractivity contribution in [3.63, 3.8) is 0 Å². The van der Waals surface area contributed by atoms with Crippen LogP contribution in [-0.2, 0) is 9.53 Å². The van der Waals surface area contributed by atoms with Crippen molar-refractivity contribution in [3.05, 3.63) is 71.4 Å². The summed E-state index contributed by atoms with van der Waals surface area (Å²) < 4.78 is 5.22. The van der Waals surface area contributed by atoms with Gasteiger partial charge in [-0.15, -0.1) is 11.8 Å². The molecule has 1 aromatic heterocycles. The monoisotopic (exact) mass is 394 g/mol. The Morgan fingerprint density at radius 3 is 2.54 bits per heavy atom. The molecule has 3 rings (SSSR count). The standard InChI is InChI=1S/C22H22N2O3S/c1-15-18-10-6-7-11-19(18)24-16(2)21(15)22(26)27-14-20(25)23-12-13-28-17-8-4-3-5-9-17/h3-11H,12-14H2,1-2H3,(H,23,25). The van der Waals surface area contributed by atoms with Crippen LogP contribution in [-0.4, -0.2) is 35.8 Å². The molecular weight excluding hydrogens is 372 g/mol. The Morgan fingerprint density at radius 2 is 1.75 bits per heavy atom. The molecular formula is C22H22N2O3S. The predicted octanol–water partition coefficient (Wildman–Crippen LogP) is 3.92. The summed E-state index contributed by atoms with van der Waals surface area (Å²) in [4.78, 5) is 30.1. The van der Waals surface area contributed by atoms with E-state index in [1.54, 1.807) is 18.7 Å². The van der Waals surface area contributed by atoms with Crippen LogP contribution in [0.1, 0.15) is 21.6 Å². The van der Waals surface area contributed by atoms with Crippen molar-refractivity contribution in [2.75, 3.05) is 18.9 Å². The van der Waals surface area contributed by atoms with Crippen molar-refractivity contribution >= 4 is 34.5 Å². The van der Waals surface area contributed by atoms with Gasteiger partial charge in [0.2, 0.25) is 0 Å². The Hall–Kier alpha value is -2.86. The number of nitrogens with zero attached hydrogens (tertiary/aromatic N) is 1. The number of ether oxygens (including phenoxy) is 1. The van der Waals surface area contributed by atoms with Gasteiger partial charge in [-0.05, 0) is 37.6 Å². The first-order chi connectivity index (χ1) is 13.6. The molecule has 0 radical (unpaired) electrons. The average molecular weight is 394 g/mol. The number of hydrogen-bond acceptors (Lipinski definition) is 5. The highest BCUT2D eigenvalue weighted by molar-refractivity contribution is 7.99. The quantitative estimate of drug-likeness (QED) is 0.374. The van der Waals surface area contributed by atoms with Gasteiger partial charge in [-0.2, -0.15) is 0 Å². The number of thioether (sulfide) groups is 1. The first kappa shape index (κ1) is 19.9. The number of hydrogen-bond donors (Lipinski definition) is 1. The molecule has 3 aromatic rings. The first-order valence-corrected chi connectivity index (χ1v) is 10.0. The topological polar surface area (TPSA) is 68.3 Å². The van der Waals surface area contributed by atoms with E-state index >= 15 is 0 Å². The van der Waals surface area contributed by atoms with Crippen LogP contribution in [0.2, 0.25) is 0 Å². The molecule has 1 heterocycles. The van der Waals surface area contributed by atoms with Gasteiger partial charge in [0.25, 0.3) is 5.91 Å². The lowest BCUT2D eigenvalue weighted by Gasteiger charge is -2.12. The molecule has 28 heavy (non-hydrogen) atoms. The van der Waals surface area contributed by atoms with Crippen molar-refractivity contribution in [1.29, 1.82) is 0 Å². The number of para-hydroxylation sites is 1. The van der Waals surface area contributed by atoms with Crippen LogP contribution in [0, 0.1) is 13.8 Å². The van der Waals surface area contributed by atoms with Crippen LogP contribution in [0.15, 0.2) is 59.5 Å². The lowest BCUT2D eigenvalue weighted by molar-refractivity contribution is -0.124. The maximum absolute atomic E-state index is 12.5. The molecule has 1 N–H and O–H groups in total. The third-order valence-electron chi connectivity index (χ3n) is 4.31. The molecule has 1 amide bonds. The van der Waals surface area contributed by atoms with Crippen molar-refractivity contribution in [1.82, 2.24) is 10.3 Å². The minimum absolute atomic E-state index is 0.305. The molecule has 144 valence electrons. The van der Waals surface area contributed by atoms with Crippen LogP contribution >= 0.6 is 11.8 Å². The van der Waals surface area contributed by atoms with Crippen LogP contribution in [0.4, 0.5) is 0 Å². The Balaban J connectivity index is 1.51. The summed E-state index contributed by atoms with van der Waals surface area (Å²) in [7, 11) is 0. The van der Waals surface area contributed by atoms with E-state index in [9.17, 15) is 9.59 Å². The highest BCUT2D eigenvalue weighted by atomic mass is 32.2. The van der Waals surface area contributed by atoms with Gasteiger partial charge in [0.1, 0.15) is 0 Å². The summed E-state index contributed by atoms with van der Waals surface area (Å²) in [5.41, 5.74) is 2.67. The van der Waals surface area contributed by atoms with Crippen molar-refractivity contribution < 1.29 is 14.3 Å². The van der Waals surface area contributed by atoms with E-state index in [-0.39, 0.29) is 12.5 Å². The van der Waals surface area contributed by atoms with Gasteiger partial charge in [0.05, 0.1) is 16.8 Å². The highest BCUT2D eigenvalue weighted by Crippen LogP contribution is 2.23. The van der Waals surface area contributed by atoms with Gasteiger partial charge in [-0.1, -0.05) is 36.4 Å². The second-order valence-electron chi connectivity index (χ2n) is 6.30. The maximum atomic E-state index is 12.5. The smallest absolute Gasteiger partial charge is 0.340 e. The highest BCUT2D eigenvalue weighted by Gasteiger charge is 2.18. The van der Waals surface area contributed by atoms with Gasteiger partial charge in [0, 0.05) is 22.6 Å². The van der Waals surface area contributed by atoms with Crippen molar-refractivity contribution in [2.45, 2.75) is 18.7 Å². The van der Waals surface area contributed by atoms with Crippen molar-refractivity contribution in [3.8, 4) is 0 Å². The zero-order valence-corrected chi connectivity index (χ0v) is 16.7. The Labute approximate surface area is 168 Å². The van der Waals surface area contributed by atoms with E-state index < -0.39 is 5.97 Å². The number of aryl methyl sites for hydroxylation is 2. The van der Waals surface area contributed by atoms with E-state index in [1.165, 1.54) is 0 Å². The Kier molecular flexibility index (Phi) is 6.66. The van der Waals surface area contributed by atoms with Gasteiger partial charge in [-0.3, -0.25) is 9.78 Å². The number of nitrogens with one attached hydrogen (secondary N) is 1. The largest absolute Gasteiger partial charge is 0.452 e. The second-order valence-corrected chi connectivity index (χ2v) is 7.47. The number of amides is 1.